The maximum atomic E-state index is 13.8. The van der Waals surface area contributed by atoms with E-state index in [1.807, 2.05) is 98.8 Å². The second-order valence-electron chi connectivity index (χ2n) is 15.8. The minimum atomic E-state index is -1.35. The molecule has 0 aliphatic carbocycles. The van der Waals surface area contributed by atoms with Gasteiger partial charge in [-0.2, -0.15) is 0 Å². The SMILES string of the molecule is CC[C@H](NC(=O)C[C@@H](O)[C@@H](CC(C)C)NC(=O)[C@@H](NC(=O)[C@H](Cc1ccc2ccccc2c1)NC(C)=O)C(C)C)C(=O)N[C@@H](Cc1ccc2ccccc2c1)C(N)=O. The topological polar surface area (TPSA) is 209 Å². The fourth-order valence-corrected chi connectivity index (χ4v) is 6.97. The van der Waals surface area contributed by atoms with Crippen molar-refractivity contribution in [3.63, 3.8) is 0 Å². The van der Waals surface area contributed by atoms with Crippen molar-refractivity contribution in [2.24, 2.45) is 17.6 Å². The lowest BCUT2D eigenvalue weighted by molar-refractivity contribution is -0.134. The maximum absolute atomic E-state index is 13.8. The van der Waals surface area contributed by atoms with E-state index >= 15 is 0 Å². The van der Waals surface area contributed by atoms with E-state index in [-0.39, 0.29) is 31.1 Å². The summed E-state index contributed by atoms with van der Waals surface area (Å²) in [6, 6.07) is 22.2. The number of hydrogen-bond donors (Lipinski definition) is 7. The van der Waals surface area contributed by atoms with E-state index in [1.165, 1.54) is 6.92 Å². The average Bonchev–Trinajstić information content (AvgIpc) is 3.17. The molecule has 4 aromatic rings. The summed E-state index contributed by atoms with van der Waals surface area (Å²) in [6.45, 7) is 10.4. The molecule has 58 heavy (non-hydrogen) atoms. The normalized spacial score (nSPS) is 14.5. The molecule has 0 saturated heterocycles. The van der Waals surface area contributed by atoms with Gasteiger partial charge in [0.2, 0.25) is 35.4 Å². The Morgan fingerprint density at radius 3 is 1.62 bits per heavy atom. The molecular formula is C45H58N6O7. The summed E-state index contributed by atoms with van der Waals surface area (Å²) in [6.07, 6.45) is -0.938. The Kier molecular flexibility index (Phi) is 16.3. The molecule has 6 amide bonds. The third-order valence-corrected chi connectivity index (χ3v) is 10.1. The molecule has 0 bridgehead atoms. The van der Waals surface area contributed by atoms with E-state index in [2.05, 4.69) is 26.6 Å². The fourth-order valence-electron chi connectivity index (χ4n) is 6.97. The Morgan fingerprint density at radius 2 is 1.14 bits per heavy atom. The standard InChI is InChI=1S/C45H58N6O7/c1-7-35(43(56)50-37(42(46)55)23-29-16-18-31-12-8-10-14-33(31)21-29)48-40(54)25-39(53)36(20-26(2)3)49-45(58)41(27(4)5)51-44(57)38(47-28(6)52)24-30-17-19-32-13-9-11-15-34(32)22-30/h8-19,21-22,26-27,35-39,41,53H,7,20,23-25H2,1-6H3,(H2,46,55)(H,47,52)(H,48,54)(H,49,58)(H,50,56)(H,51,57)/t35-,36+,37-,38-,39+,41-/m0/s1. The zero-order chi connectivity index (χ0) is 42.5. The number of aliphatic hydroxyl groups is 1. The number of carbonyl (C=O) groups is 6. The number of primary amides is 1. The van der Waals surface area contributed by atoms with Crippen LogP contribution in [0.25, 0.3) is 21.5 Å². The minimum Gasteiger partial charge on any atom is -0.390 e. The highest BCUT2D eigenvalue weighted by molar-refractivity contribution is 5.93. The highest BCUT2D eigenvalue weighted by Crippen LogP contribution is 2.19. The first-order chi connectivity index (χ1) is 27.5. The molecular weight excluding hydrogens is 737 g/mol. The minimum absolute atomic E-state index is 0.00343. The largest absolute Gasteiger partial charge is 0.390 e. The molecule has 13 nitrogen and oxygen atoms in total. The van der Waals surface area contributed by atoms with Crippen molar-refractivity contribution in [2.75, 3.05) is 0 Å². The molecule has 0 saturated carbocycles. The van der Waals surface area contributed by atoms with Crippen molar-refractivity contribution >= 4 is 57.0 Å². The quantitative estimate of drug-likeness (QED) is 0.0707. The molecule has 0 aliphatic rings. The number of rotatable bonds is 20. The van der Waals surface area contributed by atoms with Crippen LogP contribution >= 0.6 is 0 Å². The molecule has 13 heteroatoms. The van der Waals surface area contributed by atoms with Gasteiger partial charge in [-0.25, -0.2) is 0 Å². The van der Waals surface area contributed by atoms with E-state index in [0.717, 1.165) is 32.7 Å². The molecule has 0 aromatic heterocycles. The predicted molar refractivity (Wildman–Crippen MR) is 225 cm³/mol. The number of carbonyl (C=O) groups excluding carboxylic acids is 6. The van der Waals surface area contributed by atoms with Crippen molar-refractivity contribution in [1.29, 1.82) is 0 Å². The lowest BCUT2D eigenvalue weighted by Gasteiger charge is -2.30. The lowest BCUT2D eigenvalue weighted by atomic mass is 9.95. The van der Waals surface area contributed by atoms with Crippen LogP contribution in [-0.4, -0.2) is 76.9 Å². The molecule has 0 spiro atoms. The number of benzene rings is 4. The van der Waals surface area contributed by atoms with Gasteiger partial charge in [0.1, 0.15) is 24.2 Å². The van der Waals surface area contributed by atoms with Crippen LogP contribution in [0.1, 0.15) is 71.9 Å². The second-order valence-corrected chi connectivity index (χ2v) is 15.8. The van der Waals surface area contributed by atoms with Gasteiger partial charge in [-0.1, -0.05) is 120 Å². The van der Waals surface area contributed by atoms with Crippen LogP contribution in [0, 0.1) is 11.8 Å². The second kappa shape index (κ2) is 21.1. The summed E-state index contributed by atoms with van der Waals surface area (Å²) in [7, 11) is 0. The molecule has 310 valence electrons. The molecule has 6 atom stereocenters. The zero-order valence-electron chi connectivity index (χ0n) is 34.2. The number of fused-ring (bicyclic) bond motifs is 2. The summed E-state index contributed by atoms with van der Waals surface area (Å²) in [4.78, 5) is 78.6. The smallest absolute Gasteiger partial charge is 0.243 e. The van der Waals surface area contributed by atoms with E-state index in [9.17, 15) is 33.9 Å². The maximum Gasteiger partial charge on any atom is 0.243 e. The first-order valence-electron chi connectivity index (χ1n) is 19.9. The van der Waals surface area contributed by atoms with Crippen LogP contribution < -0.4 is 32.3 Å². The van der Waals surface area contributed by atoms with Crippen LogP contribution in [-0.2, 0) is 41.6 Å². The van der Waals surface area contributed by atoms with Gasteiger partial charge in [-0.15, -0.1) is 0 Å². The molecule has 0 radical (unpaired) electrons. The number of aliphatic hydroxyl groups excluding tert-OH is 1. The van der Waals surface area contributed by atoms with Crippen LogP contribution in [0.2, 0.25) is 0 Å². The average molecular weight is 795 g/mol. The van der Waals surface area contributed by atoms with Crippen LogP contribution in [0.15, 0.2) is 84.9 Å². The monoisotopic (exact) mass is 794 g/mol. The summed E-state index contributed by atoms with van der Waals surface area (Å²) >= 11 is 0. The first-order valence-corrected chi connectivity index (χ1v) is 19.9. The van der Waals surface area contributed by atoms with Crippen molar-refractivity contribution < 1.29 is 33.9 Å². The Hall–Kier alpha value is -5.82. The lowest BCUT2D eigenvalue weighted by Crippen LogP contribution is -2.58. The summed E-state index contributed by atoms with van der Waals surface area (Å²) in [5, 5.41) is 29.0. The van der Waals surface area contributed by atoms with Crippen LogP contribution in [0.5, 0.6) is 0 Å². The van der Waals surface area contributed by atoms with Crippen molar-refractivity contribution in [2.45, 2.75) is 110 Å². The van der Waals surface area contributed by atoms with Crippen molar-refractivity contribution in [1.82, 2.24) is 26.6 Å². The van der Waals surface area contributed by atoms with E-state index < -0.39 is 78.2 Å². The van der Waals surface area contributed by atoms with Crippen molar-refractivity contribution in [3.8, 4) is 0 Å². The molecule has 4 aromatic carbocycles. The highest BCUT2D eigenvalue weighted by Gasteiger charge is 2.33. The van der Waals surface area contributed by atoms with Gasteiger partial charge >= 0.3 is 0 Å². The summed E-state index contributed by atoms with van der Waals surface area (Å²) in [5.74, 6) is -3.84. The predicted octanol–water partition coefficient (Wildman–Crippen LogP) is 3.57. The Bertz CT molecular complexity index is 2080. The van der Waals surface area contributed by atoms with E-state index in [4.69, 9.17) is 5.73 Å². The molecule has 0 heterocycles. The van der Waals surface area contributed by atoms with Gasteiger partial charge < -0.3 is 37.4 Å². The Labute approximate surface area is 340 Å². The molecule has 0 aliphatic heterocycles. The number of nitrogens with one attached hydrogen (secondary N) is 5. The van der Waals surface area contributed by atoms with Crippen LogP contribution in [0.4, 0.5) is 0 Å². The number of nitrogens with two attached hydrogens (primary N) is 1. The van der Waals surface area contributed by atoms with Gasteiger partial charge in [0.15, 0.2) is 0 Å². The first kappa shape index (κ1) is 44.9. The molecule has 4 rings (SSSR count). The highest BCUT2D eigenvalue weighted by atomic mass is 16.3. The Balaban J connectivity index is 1.38. The van der Waals surface area contributed by atoms with Gasteiger partial charge in [-0.3, -0.25) is 28.8 Å². The molecule has 8 N–H and O–H groups in total. The van der Waals surface area contributed by atoms with Gasteiger partial charge in [0.05, 0.1) is 18.6 Å². The summed E-state index contributed by atoms with van der Waals surface area (Å²) < 4.78 is 0. The zero-order valence-corrected chi connectivity index (χ0v) is 34.2. The van der Waals surface area contributed by atoms with Gasteiger partial charge in [0, 0.05) is 19.8 Å². The van der Waals surface area contributed by atoms with E-state index in [0.29, 0.717) is 6.42 Å². The van der Waals surface area contributed by atoms with E-state index in [1.54, 1.807) is 20.8 Å². The third kappa shape index (κ3) is 13.1. The van der Waals surface area contributed by atoms with Crippen molar-refractivity contribution in [3.05, 3.63) is 96.1 Å². The number of hydrogen-bond acceptors (Lipinski definition) is 7. The molecule has 0 fully saturated rings. The molecule has 0 unspecified atom stereocenters. The van der Waals surface area contributed by atoms with Gasteiger partial charge in [-0.05, 0) is 57.3 Å². The Morgan fingerprint density at radius 1 is 0.621 bits per heavy atom. The number of amides is 6. The van der Waals surface area contributed by atoms with Gasteiger partial charge in [0.25, 0.3) is 0 Å². The third-order valence-electron chi connectivity index (χ3n) is 10.1. The summed E-state index contributed by atoms with van der Waals surface area (Å²) in [5.41, 5.74) is 7.29. The fraction of sp³-hybridized carbons (Fsp3) is 0.422. The van der Waals surface area contributed by atoms with Crippen LogP contribution in [0.3, 0.4) is 0 Å².